The van der Waals surface area contributed by atoms with E-state index in [1.54, 1.807) is 0 Å². The van der Waals surface area contributed by atoms with Crippen molar-refractivity contribution < 1.29 is 9.53 Å². The maximum absolute atomic E-state index is 11.7. The first kappa shape index (κ1) is 12.7. The summed E-state index contributed by atoms with van der Waals surface area (Å²) < 4.78 is 5.51. The van der Waals surface area contributed by atoms with Crippen LogP contribution >= 0.6 is 0 Å². The third-order valence-corrected chi connectivity index (χ3v) is 3.44. The van der Waals surface area contributed by atoms with Crippen LogP contribution in [-0.2, 0) is 9.53 Å². The molecule has 2 heteroatoms. The molecule has 0 aromatic carbocycles. The predicted molar refractivity (Wildman–Crippen MR) is 61.9 cm³/mol. The lowest BCUT2D eigenvalue weighted by atomic mass is 9.94. The Hall–Kier alpha value is -0.370. The lowest BCUT2D eigenvalue weighted by Crippen LogP contribution is -2.11. The average Bonchev–Trinajstić information content (AvgIpc) is 2.75. The van der Waals surface area contributed by atoms with Crippen LogP contribution in [0.1, 0.15) is 58.8 Å². The molecule has 1 rings (SSSR count). The first-order valence-corrected chi connectivity index (χ1v) is 6.39. The summed E-state index contributed by atoms with van der Waals surface area (Å²) in [5.74, 6) is 1.03. The van der Waals surface area contributed by atoms with E-state index in [0.29, 0.717) is 17.8 Å². The number of ether oxygens (including phenoxy) is 1. The van der Waals surface area contributed by atoms with Crippen molar-refractivity contribution in [2.45, 2.75) is 64.9 Å². The number of hydrogen-bond acceptors (Lipinski definition) is 2. The molecule has 1 aliphatic rings. The van der Waals surface area contributed by atoms with Gasteiger partial charge < -0.3 is 4.74 Å². The molecule has 1 heterocycles. The Kier molecular flexibility index (Phi) is 5.92. The van der Waals surface area contributed by atoms with Crippen molar-refractivity contribution in [2.75, 3.05) is 6.61 Å². The van der Waals surface area contributed by atoms with E-state index in [9.17, 15) is 4.79 Å². The van der Waals surface area contributed by atoms with Crippen LogP contribution in [0.4, 0.5) is 0 Å². The highest BCUT2D eigenvalue weighted by molar-refractivity contribution is 5.78. The van der Waals surface area contributed by atoms with Gasteiger partial charge in [0.15, 0.2) is 0 Å². The van der Waals surface area contributed by atoms with Gasteiger partial charge in [0.25, 0.3) is 0 Å². The standard InChI is InChI=1S/C13H24O2/c1-3-11(4-2)10-12(14)7-8-13-6-5-9-15-13/h11,13H,3-10H2,1-2H3. The Balaban J connectivity index is 2.11. The fourth-order valence-electron chi connectivity index (χ4n) is 2.20. The minimum absolute atomic E-state index is 0.371. The van der Waals surface area contributed by atoms with E-state index in [-0.39, 0.29) is 0 Å². The van der Waals surface area contributed by atoms with E-state index in [1.807, 2.05) is 0 Å². The van der Waals surface area contributed by atoms with Crippen LogP contribution in [0.5, 0.6) is 0 Å². The molecule has 88 valence electrons. The van der Waals surface area contributed by atoms with Crippen molar-refractivity contribution in [1.29, 1.82) is 0 Å². The minimum atomic E-state index is 0.371. The summed E-state index contributed by atoms with van der Waals surface area (Å²) >= 11 is 0. The number of ketones is 1. The van der Waals surface area contributed by atoms with Crippen molar-refractivity contribution >= 4 is 5.78 Å². The summed E-state index contributed by atoms with van der Waals surface area (Å²) in [6.45, 7) is 5.23. The highest BCUT2D eigenvalue weighted by Crippen LogP contribution is 2.19. The molecule has 15 heavy (non-hydrogen) atoms. The number of carbonyl (C=O) groups excluding carboxylic acids is 1. The monoisotopic (exact) mass is 212 g/mol. The van der Waals surface area contributed by atoms with Gasteiger partial charge in [-0.15, -0.1) is 0 Å². The molecule has 1 fully saturated rings. The Morgan fingerprint density at radius 1 is 1.40 bits per heavy atom. The summed E-state index contributed by atoms with van der Waals surface area (Å²) in [6.07, 6.45) is 7.39. The summed E-state index contributed by atoms with van der Waals surface area (Å²) in [4.78, 5) is 11.7. The molecular formula is C13H24O2. The van der Waals surface area contributed by atoms with Crippen LogP contribution in [0.15, 0.2) is 0 Å². The topological polar surface area (TPSA) is 26.3 Å². The highest BCUT2D eigenvalue weighted by Gasteiger charge is 2.17. The Bertz CT molecular complexity index is 179. The zero-order chi connectivity index (χ0) is 11.1. The second-order valence-corrected chi connectivity index (χ2v) is 4.60. The lowest BCUT2D eigenvalue weighted by molar-refractivity contribution is -0.120. The van der Waals surface area contributed by atoms with Gasteiger partial charge in [-0.3, -0.25) is 4.79 Å². The normalized spacial score (nSPS) is 21.1. The third kappa shape index (κ3) is 4.78. The third-order valence-electron chi connectivity index (χ3n) is 3.44. The summed E-state index contributed by atoms with van der Waals surface area (Å²) in [7, 11) is 0. The summed E-state index contributed by atoms with van der Waals surface area (Å²) in [5.41, 5.74) is 0. The van der Waals surface area contributed by atoms with E-state index < -0.39 is 0 Å². The predicted octanol–water partition coefficient (Wildman–Crippen LogP) is 3.34. The van der Waals surface area contributed by atoms with Gasteiger partial charge in [-0.05, 0) is 25.2 Å². The molecule has 0 bridgehead atoms. The van der Waals surface area contributed by atoms with Gasteiger partial charge in [0, 0.05) is 19.4 Å². The van der Waals surface area contributed by atoms with Crippen LogP contribution in [-0.4, -0.2) is 18.5 Å². The Morgan fingerprint density at radius 2 is 2.13 bits per heavy atom. The second-order valence-electron chi connectivity index (χ2n) is 4.60. The van der Waals surface area contributed by atoms with Gasteiger partial charge in [-0.2, -0.15) is 0 Å². The van der Waals surface area contributed by atoms with Crippen LogP contribution in [0, 0.1) is 5.92 Å². The summed E-state index contributed by atoms with van der Waals surface area (Å²) in [6, 6.07) is 0. The molecule has 0 radical (unpaired) electrons. The van der Waals surface area contributed by atoms with Gasteiger partial charge in [0.2, 0.25) is 0 Å². The largest absolute Gasteiger partial charge is 0.378 e. The molecular weight excluding hydrogens is 188 g/mol. The number of hydrogen-bond donors (Lipinski definition) is 0. The maximum Gasteiger partial charge on any atom is 0.133 e. The molecule has 0 spiro atoms. The van der Waals surface area contributed by atoms with Crippen LogP contribution in [0.2, 0.25) is 0 Å². The Labute approximate surface area is 93.4 Å². The molecule has 0 amide bonds. The van der Waals surface area contributed by atoms with E-state index in [0.717, 1.165) is 45.1 Å². The van der Waals surface area contributed by atoms with Gasteiger partial charge >= 0.3 is 0 Å². The second kappa shape index (κ2) is 7.00. The quantitative estimate of drug-likeness (QED) is 0.647. The van der Waals surface area contributed by atoms with E-state index in [1.165, 1.54) is 6.42 Å². The van der Waals surface area contributed by atoms with E-state index >= 15 is 0 Å². The highest BCUT2D eigenvalue weighted by atomic mass is 16.5. The molecule has 2 nitrogen and oxygen atoms in total. The molecule has 0 saturated carbocycles. The smallest absolute Gasteiger partial charge is 0.133 e. The minimum Gasteiger partial charge on any atom is -0.378 e. The van der Waals surface area contributed by atoms with Crippen molar-refractivity contribution in [3.63, 3.8) is 0 Å². The van der Waals surface area contributed by atoms with Crippen LogP contribution < -0.4 is 0 Å². The molecule has 1 atom stereocenters. The first-order chi connectivity index (χ1) is 7.26. The van der Waals surface area contributed by atoms with Gasteiger partial charge in [0.05, 0.1) is 6.10 Å². The average molecular weight is 212 g/mol. The molecule has 1 unspecified atom stereocenters. The molecule has 0 N–H and O–H groups in total. The lowest BCUT2D eigenvalue weighted by Gasteiger charge is -2.12. The van der Waals surface area contributed by atoms with Crippen molar-refractivity contribution in [3.05, 3.63) is 0 Å². The van der Waals surface area contributed by atoms with Gasteiger partial charge in [-0.1, -0.05) is 26.7 Å². The Morgan fingerprint density at radius 3 is 2.67 bits per heavy atom. The fraction of sp³-hybridized carbons (Fsp3) is 0.923. The summed E-state index contributed by atoms with van der Waals surface area (Å²) in [5, 5.41) is 0. The molecule has 0 aromatic rings. The number of carbonyl (C=O) groups is 1. The van der Waals surface area contributed by atoms with Gasteiger partial charge in [0.1, 0.15) is 5.78 Å². The van der Waals surface area contributed by atoms with Crippen molar-refractivity contribution in [3.8, 4) is 0 Å². The van der Waals surface area contributed by atoms with E-state index in [2.05, 4.69) is 13.8 Å². The first-order valence-electron chi connectivity index (χ1n) is 6.39. The number of rotatable bonds is 7. The van der Waals surface area contributed by atoms with Crippen LogP contribution in [0.25, 0.3) is 0 Å². The van der Waals surface area contributed by atoms with Crippen LogP contribution in [0.3, 0.4) is 0 Å². The molecule has 0 aromatic heterocycles. The van der Waals surface area contributed by atoms with Gasteiger partial charge in [-0.25, -0.2) is 0 Å². The number of Topliss-reactive ketones (excluding diaryl/α,β-unsaturated/α-hetero) is 1. The maximum atomic E-state index is 11.7. The van der Waals surface area contributed by atoms with Crippen molar-refractivity contribution in [2.24, 2.45) is 5.92 Å². The zero-order valence-electron chi connectivity index (χ0n) is 10.1. The van der Waals surface area contributed by atoms with Crippen molar-refractivity contribution in [1.82, 2.24) is 0 Å². The SMILES string of the molecule is CCC(CC)CC(=O)CCC1CCCO1. The molecule has 0 aliphatic carbocycles. The molecule has 1 saturated heterocycles. The molecule has 1 aliphatic heterocycles. The fourth-order valence-corrected chi connectivity index (χ4v) is 2.20. The zero-order valence-corrected chi connectivity index (χ0v) is 10.1. The van der Waals surface area contributed by atoms with E-state index in [4.69, 9.17) is 4.74 Å².